The van der Waals surface area contributed by atoms with E-state index in [0.29, 0.717) is 18.0 Å². The molecule has 0 radical (unpaired) electrons. The largest absolute Gasteiger partial charge is 0.478 e. The van der Waals surface area contributed by atoms with Crippen molar-refractivity contribution < 1.29 is 19.4 Å². The van der Waals surface area contributed by atoms with Gasteiger partial charge in [0.2, 0.25) is 0 Å². The van der Waals surface area contributed by atoms with E-state index >= 15 is 0 Å². The number of carboxylic acid groups (broad SMARTS) is 1. The molecule has 0 heterocycles. The summed E-state index contributed by atoms with van der Waals surface area (Å²) in [6.45, 7) is 1.16. The number of nitrogens with zero attached hydrogens (tertiary/aromatic N) is 1. The Balaban J connectivity index is 1.97. The molecule has 5 heteroatoms. The monoisotopic (exact) mass is 267 g/mol. The van der Waals surface area contributed by atoms with Crippen LogP contribution in [0.1, 0.15) is 28.8 Å². The summed E-state index contributed by atoms with van der Waals surface area (Å²) in [6.07, 6.45) is 1.40. The van der Waals surface area contributed by atoms with Crippen molar-refractivity contribution in [2.24, 2.45) is 5.92 Å². The van der Waals surface area contributed by atoms with Gasteiger partial charge in [0.25, 0.3) is 0 Å². The van der Waals surface area contributed by atoms with Crippen molar-refractivity contribution in [1.29, 1.82) is 0 Å². The third-order valence-corrected chi connectivity index (χ3v) is 3.51. The number of carbonyl (C=O) groups is 1. The number of aliphatic hydroxyl groups excluding tert-OH is 1. The lowest BCUT2D eigenvalue weighted by Gasteiger charge is -2.34. The van der Waals surface area contributed by atoms with E-state index in [4.69, 9.17) is 5.11 Å². The van der Waals surface area contributed by atoms with Gasteiger partial charge in [0, 0.05) is 18.7 Å². The van der Waals surface area contributed by atoms with Crippen LogP contribution in [0.15, 0.2) is 18.2 Å². The standard InChI is InChI=1S/C14H18FNO3/c1-16(7-9-4-12(17)5-9)8-11-6-10(14(18)19)2-3-13(11)15/h2-3,6,9,12,17H,4-5,7-8H2,1H3,(H,18,19). The van der Waals surface area contributed by atoms with Gasteiger partial charge in [0.1, 0.15) is 5.82 Å². The van der Waals surface area contributed by atoms with Gasteiger partial charge in [-0.1, -0.05) is 0 Å². The summed E-state index contributed by atoms with van der Waals surface area (Å²) in [7, 11) is 1.87. The van der Waals surface area contributed by atoms with Crippen molar-refractivity contribution in [3.05, 3.63) is 35.1 Å². The van der Waals surface area contributed by atoms with Crippen LogP contribution >= 0.6 is 0 Å². The van der Waals surface area contributed by atoms with Crippen LogP contribution in [-0.2, 0) is 6.54 Å². The van der Waals surface area contributed by atoms with Crippen molar-refractivity contribution in [1.82, 2.24) is 4.90 Å². The lowest BCUT2D eigenvalue weighted by Crippen LogP contribution is -2.36. The number of rotatable bonds is 5. The molecule has 1 aliphatic rings. The molecule has 0 unspecified atom stereocenters. The van der Waals surface area contributed by atoms with Gasteiger partial charge in [-0.3, -0.25) is 0 Å². The maximum atomic E-state index is 13.6. The molecule has 1 saturated carbocycles. The molecule has 2 rings (SSSR count). The van der Waals surface area contributed by atoms with E-state index in [0.717, 1.165) is 19.4 Å². The molecule has 1 aliphatic carbocycles. The maximum Gasteiger partial charge on any atom is 0.335 e. The first-order valence-corrected chi connectivity index (χ1v) is 6.34. The molecular weight excluding hydrogens is 249 g/mol. The van der Waals surface area contributed by atoms with Gasteiger partial charge in [0.15, 0.2) is 0 Å². The van der Waals surface area contributed by atoms with E-state index in [1.54, 1.807) is 0 Å². The van der Waals surface area contributed by atoms with Crippen molar-refractivity contribution >= 4 is 5.97 Å². The molecule has 2 N–H and O–H groups in total. The van der Waals surface area contributed by atoms with Gasteiger partial charge in [-0.2, -0.15) is 0 Å². The van der Waals surface area contributed by atoms with E-state index in [2.05, 4.69) is 0 Å². The lowest BCUT2D eigenvalue weighted by molar-refractivity contribution is 0.0272. The summed E-state index contributed by atoms with van der Waals surface area (Å²) < 4.78 is 13.6. The van der Waals surface area contributed by atoms with Crippen molar-refractivity contribution in [2.75, 3.05) is 13.6 Å². The van der Waals surface area contributed by atoms with Crippen LogP contribution in [0.5, 0.6) is 0 Å². The fraction of sp³-hybridized carbons (Fsp3) is 0.500. The molecule has 0 saturated heterocycles. The zero-order chi connectivity index (χ0) is 14.0. The van der Waals surface area contributed by atoms with Crippen LogP contribution in [0.25, 0.3) is 0 Å². The lowest BCUT2D eigenvalue weighted by atomic mass is 9.82. The highest BCUT2D eigenvalue weighted by atomic mass is 19.1. The average molecular weight is 267 g/mol. The smallest absolute Gasteiger partial charge is 0.335 e. The normalized spacial score (nSPS) is 22.3. The highest BCUT2D eigenvalue weighted by Crippen LogP contribution is 2.28. The first-order chi connectivity index (χ1) is 8.95. The Morgan fingerprint density at radius 2 is 2.16 bits per heavy atom. The Morgan fingerprint density at radius 3 is 2.74 bits per heavy atom. The molecule has 0 spiro atoms. The van der Waals surface area contributed by atoms with Gasteiger partial charge in [-0.25, -0.2) is 9.18 Å². The van der Waals surface area contributed by atoms with Crippen LogP contribution in [0.2, 0.25) is 0 Å². The molecule has 0 aliphatic heterocycles. The predicted molar refractivity (Wildman–Crippen MR) is 68.4 cm³/mol. The number of aliphatic hydroxyl groups is 1. The van der Waals surface area contributed by atoms with Crippen molar-refractivity contribution in [2.45, 2.75) is 25.5 Å². The first kappa shape index (κ1) is 14.0. The van der Waals surface area contributed by atoms with E-state index in [1.807, 2.05) is 11.9 Å². The third-order valence-electron chi connectivity index (χ3n) is 3.51. The number of carboxylic acids is 1. The van der Waals surface area contributed by atoms with Crippen molar-refractivity contribution in [3.8, 4) is 0 Å². The Morgan fingerprint density at radius 1 is 1.47 bits per heavy atom. The molecule has 0 aromatic heterocycles. The molecule has 1 aromatic carbocycles. The highest BCUT2D eigenvalue weighted by Gasteiger charge is 2.28. The quantitative estimate of drug-likeness (QED) is 0.853. The van der Waals surface area contributed by atoms with Gasteiger partial charge < -0.3 is 15.1 Å². The second-order valence-electron chi connectivity index (χ2n) is 5.30. The van der Waals surface area contributed by atoms with Gasteiger partial charge in [-0.15, -0.1) is 0 Å². The predicted octanol–water partition coefficient (Wildman–Crippen LogP) is 1.73. The summed E-state index contributed by atoms with van der Waals surface area (Å²) in [6, 6.07) is 3.84. The Labute approximate surface area is 111 Å². The zero-order valence-corrected chi connectivity index (χ0v) is 10.8. The number of benzene rings is 1. The molecule has 19 heavy (non-hydrogen) atoms. The number of aromatic carboxylic acids is 1. The van der Waals surface area contributed by atoms with E-state index in [1.165, 1.54) is 18.2 Å². The molecular formula is C14H18FNO3. The molecule has 0 amide bonds. The number of hydrogen-bond acceptors (Lipinski definition) is 3. The molecule has 0 bridgehead atoms. The summed E-state index contributed by atoms with van der Waals surface area (Å²) in [5.41, 5.74) is 0.492. The SMILES string of the molecule is CN(Cc1cc(C(=O)O)ccc1F)CC1CC(O)C1. The minimum Gasteiger partial charge on any atom is -0.478 e. The zero-order valence-electron chi connectivity index (χ0n) is 10.8. The Hall–Kier alpha value is -1.46. The van der Waals surface area contributed by atoms with Crippen LogP contribution in [-0.4, -0.2) is 40.8 Å². The summed E-state index contributed by atoms with van der Waals surface area (Å²) in [5, 5.41) is 18.1. The number of hydrogen-bond donors (Lipinski definition) is 2. The van der Waals surface area contributed by atoms with Gasteiger partial charge in [-0.05, 0) is 44.0 Å². The first-order valence-electron chi connectivity index (χ1n) is 6.34. The van der Waals surface area contributed by atoms with Gasteiger partial charge in [0.05, 0.1) is 11.7 Å². The summed E-state index contributed by atoms with van der Waals surface area (Å²) in [4.78, 5) is 12.8. The highest BCUT2D eigenvalue weighted by molar-refractivity contribution is 5.87. The minimum absolute atomic E-state index is 0.101. The fourth-order valence-electron chi connectivity index (χ4n) is 2.47. The van der Waals surface area contributed by atoms with Gasteiger partial charge >= 0.3 is 5.97 Å². The second kappa shape index (κ2) is 5.67. The van der Waals surface area contributed by atoms with Crippen LogP contribution in [0.3, 0.4) is 0 Å². The minimum atomic E-state index is -1.05. The van der Waals surface area contributed by atoms with E-state index in [-0.39, 0.29) is 17.5 Å². The molecule has 1 fully saturated rings. The average Bonchev–Trinajstić information content (AvgIpc) is 2.29. The molecule has 4 nitrogen and oxygen atoms in total. The Kier molecular flexibility index (Phi) is 4.17. The fourth-order valence-corrected chi connectivity index (χ4v) is 2.47. The van der Waals surface area contributed by atoms with E-state index < -0.39 is 5.97 Å². The molecule has 104 valence electrons. The Bertz CT molecular complexity index is 472. The second-order valence-corrected chi connectivity index (χ2v) is 5.30. The van der Waals surface area contributed by atoms with Crippen molar-refractivity contribution in [3.63, 3.8) is 0 Å². The van der Waals surface area contributed by atoms with Crippen LogP contribution in [0.4, 0.5) is 4.39 Å². The maximum absolute atomic E-state index is 13.6. The summed E-state index contributed by atoms with van der Waals surface area (Å²) in [5.74, 6) is -0.984. The molecule has 0 atom stereocenters. The topological polar surface area (TPSA) is 60.8 Å². The number of halogens is 1. The van der Waals surface area contributed by atoms with Crippen LogP contribution < -0.4 is 0 Å². The third kappa shape index (κ3) is 3.52. The van der Waals surface area contributed by atoms with E-state index in [9.17, 15) is 14.3 Å². The van der Waals surface area contributed by atoms with Crippen LogP contribution in [0, 0.1) is 11.7 Å². The summed E-state index contributed by atoms with van der Waals surface area (Å²) >= 11 is 0. The molecule has 1 aromatic rings.